The van der Waals surface area contributed by atoms with E-state index >= 15 is 0 Å². The summed E-state index contributed by atoms with van der Waals surface area (Å²) in [5.74, 6) is -1.70. The predicted octanol–water partition coefficient (Wildman–Crippen LogP) is 5.20. The van der Waals surface area contributed by atoms with E-state index in [1.165, 1.54) is 12.1 Å². The van der Waals surface area contributed by atoms with E-state index in [2.05, 4.69) is 10.1 Å². The van der Waals surface area contributed by atoms with Crippen molar-refractivity contribution in [2.75, 3.05) is 0 Å². The van der Waals surface area contributed by atoms with Gasteiger partial charge in [-0.25, -0.2) is 13.2 Å². The maximum Gasteiger partial charge on any atom is 0.263 e. The quantitative estimate of drug-likeness (QED) is 0.429. The van der Waals surface area contributed by atoms with Crippen molar-refractivity contribution in [2.45, 2.75) is 38.6 Å². The van der Waals surface area contributed by atoms with Crippen LogP contribution in [0.2, 0.25) is 0 Å². The number of pyridine rings is 1. The average molecular weight is 439 g/mol. The molecule has 1 saturated carbocycles. The van der Waals surface area contributed by atoms with Crippen LogP contribution in [0.1, 0.15) is 38.1 Å². The van der Waals surface area contributed by atoms with E-state index < -0.39 is 22.5 Å². The zero-order chi connectivity index (χ0) is 22.6. The van der Waals surface area contributed by atoms with Gasteiger partial charge in [0.2, 0.25) is 5.43 Å². The number of hydrogen-bond acceptors (Lipinski definition) is 4. The maximum absolute atomic E-state index is 13.9. The summed E-state index contributed by atoms with van der Waals surface area (Å²) in [6, 6.07) is 7.95. The molecule has 2 heterocycles. The molecule has 164 valence electrons. The zero-order valence-electron chi connectivity index (χ0n) is 17.5. The molecule has 1 aliphatic carbocycles. The molecule has 5 rings (SSSR count). The Morgan fingerprint density at radius 2 is 1.78 bits per heavy atom. The molecule has 8 heteroatoms. The Labute approximate surface area is 181 Å². The number of rotatable bonds is 5. The Bertz CT molecular complexity index is 1390. The van der Waals surface area contributed by atoms with Gasteiger partial charge in [0.05, 0.1) is 10.9 Å². The fraction of sp³-hybridized carbons (Fsp3) is 0.292. The van der Waals surface area contributed by atoms with Crippen molar-refractivity contribution in [1.82, 2.24) is 14.7 Å². The summed E-state index contributed by atoms with van der Waals surface area (Å²) in [7, 11) is 0. The third-order valence-electron chi connectivity index (χ3n) is 6.06. The third-order valence-corrected chi connectivity index (χ3v) is 6.06. The van der Waals surface area contributed by atoms with Gasteiger partial charge in [0, 0.05) is 24.2 Å². The minimum absolute atomic E-state index is 0.00336. The number of halogens is 3. The van der Waals surface area contributed by atoms with Crippen LogP contribution >= 0.6 is 0 Å². The Hall–Kier alpha value is -3.42. The molecule has 1 aliphatic rings. The summed E-state index contributed by atoms with van der Waals surface area (Å²) in [6.07, 6.45) is 3.66. The van der Waals surface area contributed by atoms with E-state index in [-0.39, 0.29) is 22.7 Å². The summed E-state index contributed by atoms with van der Waals surface area (Å²) in [5.41, 5.74) is -0.00267. The van der Waals surface area contributed by atoms with E-state index in [1.54, 1.807) is 22.9 Å². The SMILES string of the molecule is CC(C)(c1ccc(F)cc1)c1noc(-c2cn(CC3CC3)c3cc(F)c(F)cc3c2=O)n1. The van der Waals surface area contributed by atoms with E-state index in [9.17, 15) is 18.0 Å². The average Bonchev–Trinajstić information content (AvgIpc) is 3.43. The van der Waals surface area contributed by atoms with Crippen molar-refractivity contribution < 1.29 is 17.7 Å². The van der Waals surface area contributed by atoms with Crippen LogP contribution in [0.15, 0.2) is 51.9 Å². The van der Waals surface area contributed by atoms with Crippen molar-refractivity contribution in [3.8, 4) is 11.5 Å². The molecule has 0 bridgehead atoms. The lowest BCUT2D eigenvalue weighted by molar-refractivity contribution is 0.407. The van der Waals surface area contributed by atoms with E-state index in [1.807, 2.05) is 13.8 Å². The Morgan fingerprint density at radius 1 is 1.09 bits per heavy atom. The lowest BCUT2D eigenvalue weighted by atomic mass is 9.84. The van der Waals surface area contributed by atoms with Crippen molar-refractivity contribution in [3.63, 3.8) is 0 Å². The topological polar surface area (TPSA) is 60.9 Å². The number of hydrogen-bond donors (Lipinski definition) is 0. The van der Waals surface area contributed by atoms with Crippen LogP contribution in [0, 0.1) is 23.4 Å². The van der Waals surface area contributed by atoms with Crippen LogP contribution < -0.4 is 5.43 Å². The normalized spacial score (nSPS) is 14.3. The molecule has 0 N–H and O–H groups in total. The van der Waals surface area contributed by atoms with Gasteiger partial charge in [0.25, 0.3) is 5.89 Å². The summed E-state index contributed by atoms with van der Waals surface area (Å²) in [4.78, 5) is 17.6. The van der Waals surface area contributed by atoms with Gasteiger partial charge in [0.1, 0.15) is 11.4 Å². The van der Waals surface area contributed by atoms with Gasteiger partial charge in [-0.15, -0.1) is 0 Å². The van der Waals surface area contributed by atoms with Gasteiger partial charge in [-0.2, -0.15) is 4.98 Å². The molecule has 0 amide bonds. The molecule has 1 fully saturated rings. The second-order valence-corrected chi connectivity index (χ2v) is 8.81. The first-order chi connectivity index (χ1) is 15.2. The molecule has 0 radical (unpaired) electrons. The van der Waals surface area contributed by atoms with Gasteiger partial charge >= 0.3 is 0 Å². The van der Waals surface area contributed by atoms with Crippen molar-refractivity contribution in [3.05, 3.63) is 81.7 Å². The number of nitrogens with zero attached hydrogens (tertiary/aromatic N) is 3. The predicted molar refractivity (Wildman–Crippen MR) is 113 cm³/mol. The van der Waals surface area contributed by atoms with Crippen LogP contribution in [0.5, 0.6) is 0 Å². The first-order valence-corrected chi connectivity index (χ1v) is 10.4. The summed E-state index contributed by atoms with van der Waals surface area (Å²) >= 11 is 0. The molecular weight excluding hydrogens is 419 g/mol. The molecular formula is C24H20F3N3O2. The molecule has 2 aromatic heterocycles. The monoisotopic (exact) mass is 439 g/mol. The minimum Gasteiger partial charge on any atom is -0.346 e. The summed E-state index contributed by atoms with van der Waals surface area (Å²) < 4.78 is 48.3. The molecule has 0 spiro atoms. The Morgan fingerprint density at radius 3 is 2.47 bits per heavy atom. The fourth-order valence-corrected chi connectivity index (χ4v) is 3.85. The Balaban J connectivity index is 1.63. The molecule has 0 atom stereocenters. The first-order valence-electron chi connectivity index (χ1n) is 10.4. The maximum atomic E-state index is 13.9. The summed E-state index contributed by atoms with van der Waals surface area (Å²) in [5, 5.41) is 4.11. The molecule has 4 aromatic rings. The van der Waals surface area contributed by atoms with Gasteiger partial charge < -0.3 is 9.09 Å². The number of fused-ring (bicyclic) bond motifs is 1. The fourth-order valence-electron chi connectivity index (χ4n) is 3.85. The standard InChI is InChI=1S/C24H20F3N3O2/c1-24(2,14-5-7-15(25)8-6-14)23-28-22(32-29-23)17-12-30(11-13-3-4-13)20-10-19(27)18(26)9-16(20)21(17)31/h5-10,12-13H,3-4,11H2,1-2H3. The van der Waals surface area contributed by atoms with Gasteiger partial charge in [-0.05, 0) is 56.4 Å². The highest BCUT2D eigenvalue weighted by Gasteiger charge is 2.30. The van der Waals surface area contributed by atoms with Gasteiger partial charge in [-0.3, -0.25) is 4.79 Å². The minimum atomic E-state index is -1.09. The first kappa shape index (κ1) is 20.5. The third kappa shape index (κ3) is 3.49. The molecule has 0 aliphatic heterocycles. The summed E-state index contributed by atoms with van der Waals surface area (Å²) in [6.45, 7) is 4.30. The van der Waals surface area contributed by atoms with Crippen molar-refractivity contribution >= 4 is 10.9 Å². The molecule has 5 nitrogen and oxygen atoms in total. The number of benzene rings is 2. The highest BCUT2D eigenvalue weighted by molar-refractivity contribution is 5.83. The molecule has 2 aromatic carbocycles. The van der Waals surface area contributed by atoms with Crippen molar-refractivity contribution in [2.24, 2.45) is 5.92 Å². The smallest absolute Gasteiger partial charge is 0.263 e. The van der Waals surface area contributed by atoms with Gasteiger partial charge in [-0.1, -0.05) is 17.3 Å². The van der Waals surface area contributed by atoms with Crippen molar-refractivity contribution in [1.29, 1.82) is 0 Å². The lowest BCUT2D eigenvalue weighted by Crippen LogP contribution is -2.21. The second kappa shape index (κ2) is 7.32. The largest absolute Gasteiger partial charge is 0.346 e. The van der Waals surface area contributed by atoms with Crippen LogP contribution in [0.4, 0.5) is 13.2 Å². The highest BCUT2D eigenvalue weighted by Crippen LogP contribution is 2.33. The van der Waals surface area contributed by atoms with Crippen LogP contribution in [0.25, 0.3) is 22.4 Å². The van der Waals surface area contributed by atoms with Crippen LogP contribution in [-0.2, 0) is 12.0 Å². The molecule has 0 unspecified atom stereocenters. The Kier molecular flexibility index (Phi) is 4.69. The highest BCUT2D eigenvalue weighted by atomic mass is 19.2. The lowest BCUT2D eigenvalue weighted by Gasteiger charge is -2.20. The molecule has 32 heavy (non-hydrogen) atoms. The van der Waals surface area contributed by atoms with E-state index in [4.69, 9.17) is 4.52 Å². The second-order valence-electron chi connectivity index (χ2n) is 8.81. The van der Waals surface area contributed by atoms with Gasteiger partial charge in [0.15, 0.2) is 17.5 Å². The van der Waals surface area contributed by atoms with E-state index in [0.29, 0.717) is 23.8 Å². The van der Waals surface area contributed by atoms with Crippen LogP contribution in [-0.4, -0.2) is 14.7 Å². The molecule has 0 saturated heterocycles. The zero-order valence-corrected chi connectivity index (χ0v) is 17.5. The van der Waals surface area contributed by atoms with Crippen LogP contribution in [0.3, 0.4) is 0 Å². The van der Waals surface area contributed by atoms with E-state index in [0.717, 1.165) is 30.5 Å². The number of aromatic nitrogens is 3.